The van der Waals surface area contributed by atoms with Gasteiger partial charge in [0.05, 0.1) is 6.26 Å². The van der Waals surface area contributed by atoms with Crippen LogP contribution in [0.25, 0.3) is 0 Å². The zero-order valence-electron chi connectivity index (χ0n) is 9.04. The molecule has 1 N–H and O–H groups in total. The first-order chi connectivity index (χ1) is 7.34. The molecule has 0 atom stereocenters. The molecule has 1 saturated heterocycles. The summed E-state index contributed by atoms with van der Waals surface area (Å²) in [5.41, 5.74) is 1.23. The van der Waals surface area contributed by atoms with Crippen LogP contribution in [0.15, 0.2) is 35.0 Å². The molecule has 0 aliphatic carbocycles. The molecule has 3 heteroatoms. The number of nitrogens with zero attached hydrogens (tertiary/aromatic N) is 1. The molecule has 0 radical (unpaired) electrons. The van der Waals surface area contributed by atoms with E-state index >= 15 is 0 Å². The van der Waals surface area contributed by atoms with Crippen molar-refractivity contribution in [3.63, 3.8) is 0 Å². The minimum Gasteiger partial charge on any atom is -0.469 e. The van der Waals surface area contributed by atoms with Gasteiger partial charge in [0, 0.05) is 39.1 Å². The molecule has 1 aliphatic rings. The highest BCUT2D eigenvalue weighted by molar-refractivity contribution is 5.11. The van der Waals surface area contributed by atoms with Gasteiger partial charge < -0.3 is 9.73 Å². The fourth-order valence-corrected chi connectivity index (χ4v) is 1.90. The average Bonchev–Trinajstić information content (AvgIpc) is 2.71. The summed E-state index contributed by atoms with van der Waals surface area (Å²) in [6.45, 7) is 9.52. The Kier molecular flexibility index (Phi) is 3.59. The van der Waals surface area contributed by atoms with Crippen LogP contribution in [0.5, 0.6) is 0 Å². The molecule has 1 fully saturated rings. The van der Waals surface area contributed by atoms with Crippen molar-refractivity contribution in [2.75, 3.05) is 32.7 Å². The van der Waals surface area contributed by atoms with E-state index in [2.05, 4.69) is 16.8 Å². The first kappa shape index (κ1) is 10.5. The van der Waals surface area contributed by atoms with Crippen LogP contribution in [0.4, 0.5) is 0 Å². The summed E-state index contributed by atoms with van der Waals surface area (Å²) in [7, 11) is 0. The molecule has 0 aromatic carbocycles. The van der Waals surface area contributed by atoms with Crippen LogP contribution in [0, 0.1) is 0 Å². The van der Waals surface area contributed by atoms with Gasteiger partial charge in [-0.2, -0.15) is 0 Å². The first-order valence-electron chi connectivity index (χ1n) is 5.47. The van der Waals surface area contributed by atoms with E-state index in [9.17, 15) is 0 Å². The van der Waals surface area contributed by atoms with Crippen LogP contribution >= 0.6 is 0 Å². The molecule has 0 amide bonds. The summed E-state index contributed by atoms with van der Waals surface area (Å²) >= 11 is 0. The second kappa shape index (κ2) is 5.14. The molecule has 1 aliphatic heterocycles. The maximum atomic E-state index is 5.30. The monoisotopic (exact) mass is 206 g/mol. The number of hydrogen-bond donors (Lipinski definition) is 1. The van der Waals surface area contributed by atoms with E-state index in [1.165, 1.54) is 5.57 Å². The Balaban J connectivity index is 1.76. The highest BCUT2D eigenvalue weighted by Crippen LogP contribution is 2.08. The molecule has 1 aromatic heterocycles. The summed E-state index contributed by atoms with van der Waals surface area (Å²) in [6, 6.07) is 3.93. The van der Waals surface area contributed by atoms with Gasteiger partial charge in [0.15, 0.2) is 0 Å². The summed E-state index contributed by atoms with van der Waals surface area (Å²) < 4.78 is 5.30. The minimum atomic E-state index is 0.858. The zero-order chi connectivity index (χ0) is 10.5. The molecule has 1 aromatic rings. The van der Waals surface area contributed by atoms with Crippen molar-refractivity contribution in [1.29, 1.82) is 0 Å². The smallest absolute Gasteiger partial charge is 0.107 e. The van der Waals surface area contributed by atoms with Crippen molar-refractivity contribution in [3.05, 3.63) is 36.3 Å². The van der Waals surface area contributed by atoms with E-state index in [0.717, 1.165) is 44.9 Å². The fraction of sp³-hybridized carbons (Fsp3) is 0.500. The molecular weight excluding hydrogens is 188 g/mol. The number of furan rings is 1. The molecule has 82 valence electrons. The van der Waals surface area contributed by atoms with E-state index in [1.54, 1.807) is 6.26 Å². The Morgan fingerprint density at radius 1 is 1.47 bits per heavy atom. The number of hydrogen-bond acceptors (Lipinski definition) is 3. The zero-order valence-corrected chi connectivity index (χ0v) is 9.04. The third-order valence-corrected chi connectivity index (χ3v) is 2.66. The van der Waals surface area contributed by atoms with Crippen LogP contribution in [-0.2, 0) is 6.42 Å². The Labute approximate surface area is 90.8 Å². The van der Waals surface area contributed by atoms with Gasteiger partial charge in [0.25, 0.3) is 0 Å². The number of nitrogens with one attached hydrogen (secondary N) is 1. The van der Waals surface area contributed by atoms with Crippen molar-refractivity contribution in [2.24, 2.45) is 0 Å². The summed E-state index contributed by atoms with van der Waals surface area (Å²) in [6.07, 6.45) is 2.57. The highest BCUT2D eigenvalue weighted by atomic mass is 16.3. The Morgan fingerprint density at radius 2 is 2.27 bits per heavy atom. The Hall–Kier alpha value is -1.06. The molecule has 2 rings (SSSR count). The van der Waals surface area contributed by atoms with E-state index in [-0.39, 0.29) is 0 Å². The number of piperazine rings is 1. The third kappa shape index (κ3) is 3.22. The predicted octanol–water partition coefficient (Wildman–Crippen LogP) is 1.28. The lowest BCUT2D eigenvalue weighted by Crippen LogP contribution is -2.44. The predicted molar refractivity (Wildman–Crippen MR) is 60.9 cm³/mol. The summed E-state index contributed by atoms with van der Waals surface area (Å²) in [5, 5.41) is 3.34. The summed E-state index contributed by atoms with van der Waals surface area (Å²) in [4.78, 5) is 2.43. The Bertz CT molecular complexity index is 299. The molecule has 0 saturated carbocycles. The molecule has 0 bridgehead atoms. The van der Waals surface area contributed by atoms with Crippen LogP contribution in [-0.4, -0.2) is 37.6 Å². The molecular formula is C12H18N2O. The van der Waals surface area contributed by atoms with Gasteiger partial charge in [-0.1, -0.05) is 12.2 Å². The van der Waals surface area contributed by atoms with Crippen LogP contribution in [0.1, 0.15) is 5.76 Å². The lowest BCUT2D eigenvalue weighted by molar-refractivity contribution is 0.258. The van der Waals surface area contributed by atoms with Crippen LogP contribution in [0.3, 0.4) is 0 Å². The first-order valence-corrected chi connectivity index (χ1v) is 5.47. The average molecular weight is 206 g/mol. The topological polar surface area (TPSA) is 28.4 Å². The molecule has 3 nitrogen and oxygen atoms in total. The Morgan fingerprint density at radius 3 is 2.93 bits per heavy atom. The number of rotatable bonds is 4. The van der Waals surface area contributed by atoms with Crippen LogP contribution in [0.2, 0.25) is 0 Å². The van der Waals surface area contributed by atoms with Crippen molar-refractivity contribution in [1.82, 2.24) is 10.2 Å². The van der Waals surface area contributed by atoms with E-state index in [0.29, 0.717) is 0 Å². The third-order valence-electron chi connectivity index (χ3n) is 2.66. The maximum absolute atomic E-state index is 5.30. The molecule has 0 spiro atoms. The maximum Gasteiger partial charge on any atom is 0.107 e. The molecule has 0 unspecified atom stereocenters. The van der Waals surface area contributed by atoms with Gasteiger partial charge in [-0.05, 0) is 12.1 Å². The second-order valence-corrected chi connectivity index (χ2v) is 4.03. The summed E-state index contributed by atoms with van der Waals surface area (Å²) in [5.74, 6) is 1.01. The van der Waals surface area contributed by atoms with E-state index in [4.69, 9.17) is 4.42 Å². The van der Waals surface area contributed by atoms with Crippen molar-refractivity contribution in [3.8, 4) is 0 Å². The fourth-order valence-electron chi connectivity index (χ4n) is 1.90. The van der Waals surface area contributed by atoms with Gasteiger partial charge in [0.2, 0.25) is 0 Å². The quantitative estimate of drug-likeness (QED) is 0.752. The SMILES string of the molecule is C=C(Cc1ccco1)CN1CCNCC1. The normalized spacial score (nSPS) is 17.9. The van der Waals surface area contributed by atoms with Gasteiger partial charge in [-0.15, -0.1) is 0 Å². The standard InChI is InChI=1S/C12H18N2O/c1-11(9-12-3-2-8-15-12)10-14-6-4-13-5-7-14/h2-3,8,13H,1,4-7,9-10H2. The van der Waals surface area contributed by atoms with Gasteiger partial charge in [-0.3, -0.25) is 4.90 Å². The lowest BCUT2D eigenvalue weighted by Gasteiger charge is -2.27. The second-order valence-electron chi connectivity index (χ2n) is 4.03. The highest BCUT2D eigenvalue weighted by Gasteiger charge is 2.10. The largest absolute Gasteiger partial charge is 0.469 e. The molecule has 15 heavy (non-hydrogen) atoms. The van der Waals surface area contributed by atoms with Gasteiger partial charge in [0.1, 0.15) is 5.76 Å². The minimum absolute atomic E-state index is 0.858. The van der Waals surface area contributed by atoms with Gasteiger partial charge >= 0.3 is 0 Å². The molecule has 2 heterocycles. The van der Waals surface area contributed by atoms with E-state index < -0.39 is 0 Å². The van der Waals surface area contributed by atoms with Crippen molar-refractivity contribution < 1.29 is 4.42 Å². The van der Waals surface area contributed by atoms with Crippen molar-refractivity contribution in [2.45, 2.75) is 6.42 Å². The van der Waals surface area contributed by atoms with Gasteiger partial charge in [-0.25, -0.2) is 0 Å². The van der Waals surface area contributed by atoms with Crippen molar-refractivity contribution >= 4 is 0 Å². The van der Waals surface area contributed by atoms with E-state index in [1.807, 2.05) is 12.1 Å². The van der Waals surface area contributed by atoms with Crippen LogP contribution < -0.4 is 5.32 Å². The lowest BCUT2D eigenvalue weighted by atomic mass is 10.1.